The lowest BCUT2D eigenvalue weighted by Crippen LogP contribution is -2.26. The molecule has 7 nitrogen and oxygen atoms in total. The zero-order valence-electron chi connectivity index (χ0n) is 13.8. The predicted octanol–water partition coefficient (Wildman–Crippen LogP) is 2.08. The summed E-state index contributed by atoms with van der Waals surface area (Å²) in [6, 6.07) is 5.90. The molecule has 0 bridgehead atoms. The average Bonchev–Trinajstić information content (AvgIpc) is 3.23. The second-order valence-corrected chi connectivity index (χ2v) is 6.13. The van der Waals surface area contributed by atoms with Crippen molar-refractivity contribution in [3.8, 4) is 5.75 Å². The van der Waals surface area contributed by atoms with Gasteiger partial charge in [-0.05, 0) is 18.2 Å². The molecule has 7 heteroatoms. The quantitative estimate of drug-likeness (QED) is 0.792. The summed E-state index contributed by atoms with van der Waals surface area (Å²) in [6.07, 6.45) is 6.36. The van der Waals surface area contributed by atoms with Gasteiger partial charge in [0.05, 0.1) is 11.9 Å². The maximum absolute atomic E-state index is 6.22. The second kappa shape index (κ2) is 5.99. The Morgan fingerprint density at radius 3 is 3.04 bits per heavy atom. The van der Waals surface area contributed by atoms with Crippen molar-refractivity contribution < 1.29 is 4.74 Å². The monoisotopic (exact) mass is 324 g/mol. The van der Waals surface area contributed by atoms with Gasteiger partial charge in [0.25, 0.3) is 0 Å². The Labute approximate surface area is 140 Å². The van der Waals surface area contributed by atoms with Crippen molar-refractivity contribution in [3.63, 3.8) is 0 Å². The molecule has 124 valence electrons. The van der Waals surface area contributed by atoms with Crippen LogP contribution in [0.15, 0.2) is 36.9 Å². The number of aromatic nitrogens is 4. The van der Waals surface area contributed by atoms with Crippen LogP contribution >= 0.6 is 0 Å². The zero-order chi connectivity index (χ0) is 16.5. The van der Waals surface area contributed by atoms with Gasteiger partial charge < -0.3 is 19.5 Å². The molecule has 1 aliphatic rings. The van der Waals surface area contributed by atoms with Crippen LogP contribution in [-0.2, 0) is 0 Å². The van der Waals surface area contributed by atoms with Crippen molar-refractivity contribution in [1.82, 2.24) is 19.9 Å². The molecule has 0 amide bonds. The highest BCUT2D eigenvalue weighted by Gasteiger charge is 2.27. The largest absolute Gasteiger partial charge is 0.485 e. The summed E-state index contributed by atoms with van der Waals surface area (Å²) in [5.41, 5.74) is 0.867. The fourth-order valence-electron chi connectivity index (χ4n) is 3.12. The molecular formula is C17H20N6O. The van der Waals surface area contributed by atoms with E-state index in [2.05, 4.69) is 24.8 Å². The summed E-state index contributed by atoms with van der Waals surface area (Å²) in [4.78, 5) is 20.5. The number of anilines is 2. The van der Waals surface area contributed by atoms with Crippen molar-refractivity contribution in [2.75, 3.05) is 37.0 Å². The molecule has 24 heavy (non-hydrogen) atoms. The molecule has 1 atom stereocenters. The highest BCUT2D eigenvalue weighted by Crippen LogP contribution is 2.29. The Hall–Kier alpha value is -2.83. The van der Waals surface area contributed by atoms with Gasteiger partial charge in [-0.15, -0.1) is 0 Å². The van der Waals surface area contributed by atoms with Crippen molar-refractivity contribution >= 4 is 22.7 Å². The van der Waals surface area contributed by atoms with Crippen LogP contribution in [0.2, 0.25) is 0 Å². The van der Waals surface area contributed by atoms with Crippen LogP contribution in [0.3, 0.4) is 0 Å². The van der Waals surface area contributed by atoms with Crippen LogP contribution in [0.4, 0.5) is 11.6 Å². The van der Waals surface area contributed by atoms with Crippen LogP contribution in [0.5, 0.6) is 5.75 Å². The second-order valence-electron chi connectivity index (χ2n) is 6.13. The lowest BCUT2D eigenvalue weighted by molar-refractivity contribution is 0.225. The third-order valence-corrected chi connectivity index (χ3v) is 4.25. The summed E-state index contributed by atoms with van der Waals surface area (Å²) < 4.78 is 6.22. The number of aromatic amines is 1. The molecule has 0 spiro atoms. The summed E-state index contributed by atoms with van der Waals surface area (Å²) in [5.74, 6) is 2.64. The van der Waals surface area contributed by atoms with Gasteiger partial charge in [-0.2, -0.15) is 0 Å². The first-order chi connectivity index (χ1) is 11.7. The molecule has 0 radical (unpaired) electrons. The van der Waals surface area contributed by atoms with Gasteiger partial charge in [-0.3, -0.25) is 0 Å². The van der Waals surface area contributed by atoms with Gasteiger partial charge >= 0.3 is 0 Å². The fraction of sp³-hybridized carbons (Fsp3) is 0.353. The Bertz CT molecular complexity index is 846. The molecule has 4 rings (SSSR count). The molecule has 1 unspecified atom stereocenters. The fourth-order valence-corrected chi connectivity index (χ4v) is 3.12. The van der Waals surface area contributed by atoms with Crippen molar-refractivity contribution in [1.29, 1.82) is 0 Å². The Morgan fingerprint density at radius 2 is 2.17 bits per heavy atom. The van der Waals surface area contributed by atoms with Crippen molar-refractivity contribution in [3.05, 3.63) is 36.9 Å². The molecule has 0 aromatic carbocycles. The molecule has 1 fully saturated rings. The minimum Gasteiger partial charge on any atom is -0.485 e. The standard InChI is InChI=1S/C17H20N6O/c1-22(2)17-14(4-3-7-19-17)24-12-6-9-23(10-12)16-13-5-8-18-15(13)20-11-21-16/h3-5,7-8,11-12H,6,9-10H2,1-2H3,(H,18,20,21). The van der Waals surface area contributed by atoms with Gasteiger partial charge in [0.1, 0.15) is 23.9 Å². The minimum absolute atomic E-state index is 0.122. The molecule has 0 aliphatic carbocycles. The lowest BCUT2D eigenvalue weighted by Gasteiger charge is -2.21. The van der Waals surface area contributed by atoms with E-state index in [0.717, 1.165) is 47.9 Å². The smallest absolute Gasteiger partial charge is 0.170 e. The van der Waals surface area contributed by atoms with Crippen LogP contribution in [0.25, 0.3) is 11.0 Å². The molecule has 1 saturated heterocycles. The minimum atomic E-state index is 0.122. The van der Waals surface area contributed by atoms with Gasteiger partial charge in [-0.1, -0.05) is 0 Å². The summed E-state index contributed by atoms with van der Waals surface area (Å²) in [5, 5.41) is 1.05. The van der Waals surface area contributed by atoms with Crippen LogP contribution < -0.4 is 14.5 Å². The number of pyridine rings is 1. The Balaban J connectivity index is 1.52. The Morgan fingerprint density at radius 1 is 1.25 bits per heavy atom. The van der Waals surface area contributed by atoms with Crippen LogP contribution in [0.1, 0.15) is 6.42 Å². The Kier molecular flexibility index (Phi) is 3.68. The third kappa shape index (κ3) is 2.62. The maximum Gasteiger partial charge on any atom is 0.170 e. The molecular weight excluding hydrogens is 304 g/mol. The molecule has 0 saturated carbocycles. The van der Waals surface area contributed by atoms with Gasteiger partial charge in [0.2, 0.25) is 0 Å². The van der Waals surface area contributed by atoms with Crippen molar-refractivity contribution in [2.24, 2.45) is 0 Å². The predicted molar refractivity (Wildman–Crippen MR) is 93.7 cm³/mol. The average molecular weight is 324 g/mol. The summed E-state index contributed by atoms with van der Waals surface area (Å²) >= 11 is 0. The number of fused-ring (bicyclic) bond motifs is 1. The van der Waals surface area contributed by atoms with E-state index in [1.54, 1.807) is 12.5 Å². The third-order valence-electron chi connectivity index (χ3n) is 4.25. The number of hydrogen-bond donors (Lipinski definition) is 1. The van der Waals surface area contributed by atoms with E-state index in [0.29, 0.717) is 0 Å². The number of hydrogen-bond acceptors (Lipinski definition) is 6. The van der Waals surface area contributed by atoms with E-state index in [4.69, 9.17) is 4.74 Å². The number of H-pyrrole nitrogens is 1. The number of rotatable bonds is 4. The van der Waals surface area contributed by atoms with Crippen LogP contribution in [0, 0.1) is 0 Å². The van der Waals surface area contributed by atoms with E-state index in [1.807, 2.05) is 43.4 Å². The van der Waals surface area contributed by atoms with Gasteiger partial charge in [0, 0.05) is 39.5 Å². The van der Waals surface area contributed by atoms with Crippen LogP contribution in [-0.4, -0.2) is 53.2 Å². The molecule has 1 N–H and O–H groups in total. The first-order valence-corrected chi connectivity index (χ1v) is 8.04. The zero-order valence-corrected chi connectivity index (χ0v) is 13.8. The SMILES string of the molecule is CN(C)c1ncccc1OC1CCN(c2ncnc3[nH]ccc23)C1. The molecule has 4 heterocycles. The number of nitrogens with one attached hydrogen (secondary N) is 1. The van der Waals surface area contributed by atoms with E-state index < -0.39 is 0 Å². The first kappa shape index (κ1) is 14.7. The maximum atomic E-state index is 6.22. The molecule has 3 aromatic rings. The van der Waals surface area contributed by atoms with E-state index >= 15 is 0 Å². The number of nitrogens with zero attached hydrogens (tertiary/aromatic N) is 5. The highest BCUT2D eigenvalue weighted by molar-refractivity contribution is 5.87. The van der Waals surface area contributed by atoms with Gasteiger partial charge in [-0.25, -0.2) is 15.0 Å². The first-order valence-electron chi connectivity index (χ1n) is 8.04. The van der Waals surface area contributed by atoms with E-state index in [9.17, 15) is 0 Å². The topological polar surface area (TPSA) is 70.2 Å². The number of ether oxygens (including phenoxy) is 1. The van der Waals surface area contributed by atoms with E-state index in [-0.39, 0.29) is 6.10 Å². The summed E-state index contributed by atoms with van der Waals surface area (Å²) in [6.45, 7) is 1.72. The van der Waals surface area contributed by atoms with E-state index in [1.165, 1.54) is 0 Å². The molecule has 3 aromatic heterocycles. The lowest BCUT2D eigenvalue weighted by atomic mass is 10.3. The van der Waals surface area contributed by atoms with Crippen molar-refractivity contribution in [2.45, 2.75) is 12.5 Å². The summed E-state index contributed by atoms with van der Waals surface area (Å²) in [7, 11) is 3.94. The van der Waals surface area contributed by atoms with Gasteiger partial charge in [0.15, 0.2) is 11.6 Å². The normalized spacial score (nSPS) is 17.4. The highest BCUT2D eigenvalue weighted by atomic mass is 16.5. The molecule has 1 aliphatic heterocycles.